The molecular weight excluding hydrogens is 248 g/mol. The first-order chi connectivity index (χ1) is 8.32. The number of carbonyl (C=O) groups excluding carboxylic acids is 2. The molecular formula is C10H16O8. The number of rotatable bonds is 3. The van der Waals surface area contributed by atoms with Crippen molar-refractivity contribution in [3.05, 3.63) is 0 Å². The van der Waals surface area contributed by atoms with Gasteiger partial charge in [0.25, 0.3) is 0 Å². The highest BCUT2D eigenvalue weighted by molar-refractivity contribution is 5.66. The SMILES string of the molecule is CC(=O)OC[C@H]1O[C@@H](O)[C@H](O)[C@@H](O)[C@H]1OC(C)=O. The Hall–Kier alpha value is -1.22. The molecule has 1 aliphatic rings. The first-order valence-electron chi connectivity index (χ1n) is 5.33. The Morgan fingerprint density at radius 3 is 2.22 bits per heavy atom. The monoisotopic (exact) mass is 264 g/mol. The van der Waals surface area contributed by atoms with Crippen molar-refractivity contribution in [3.8, 4) is 0 Å². The van der Waals surface area contributed by atoms with Crippen LogP contribution in [0.3, 0.4) is 0 Å². The quantitative estimate of drug-likeness (QED) is 0.496. The van der Waals surface area contributed by atoms with Gasteiger partial charge in [-0.1, -0.05) is 0 Å². The first-order valence-corrected chi connectivity index (χ1v) is 5.33. The summed E-state index contributed by atoms with van der Waals surface area (Å²) in [4.78, 5) is 21.6. The molecule has 0 amide bonds. The van der Waals surface area contributed by atoms with Crippen LogP contribution in [0.25, 0.3) is 0 Å². The van der Waals surface area contributed by atoms with Gasteiger partial charge in [0.05, 0.1) is 0 Å². The minimum atomic E-state index is -1.65. The number of aliphatic hydroxyl groups excluding tert-OH is 3. The van der Waals surface area contributed by atoms with E-state index >= 15 is 0 Å². The molecule has 0 bridgehead atoms. The largest absolute Gasteiger partial charge is 0.463 e. The Morgan fingerprint density at radius 2 is 1.72 bits per heavy atom. The molecule has 0 unspecified atom stereocenters. The summed E-state index contributed by atoms with van der Waals surface area (Å²) in [6.45, 7) is 1.98. The number of aliphatic hydroxyl groups is 3. The average Bonchev–Trinajstić information content (AvgIpc) is 2.27. The summed E-state index contributed by atoms with van der Waals surface area (Å²) >= 11 is 0. The van der Waals surface area contributed by atoms with Gasteiger partial charge in [0, 0.05) is 13.8 Å². The van der Waals surface area contributed by atoms with Gasteiger partial charge >= 0.3 is 11.9 Å². The van der Waals surface area contributed by atoms with Crippen LogP contribution < -0.4 is 0 Å². The van der Waals surface area contributed by atoms with Crippen LogP contribution in [0.2, 0.25) is 0 Å². The van der Waals surface area contributed by atoms with E-state index < -0.39 is 42.6 Å². The molecule has 0 aromatic heterocycles. The molecule has 3 N–H and O–H groups in total. The van der Waals surface area contributed by atoms with E-state index in [9.17, 15) is 24.9 Å². The Bertz CT molecular complexity index is 317. The molecule has 0 spiro atoms. The zero-order chi connectivity index (χ0) is 13.9. The van der Waals surface area contributed by atoms with Gasteiger partial charge in [-0.3, -0.25) is 9.59 Å². The van der Waals surface area contributed by atoms with E-state index in [1.54, 1.807) is 0 Å². The fraction of sp³-hybridized carbons (Fsp3) is 0.800. The van der Waals surface area contributed by atoms with Crippen molar-refractivity contribution in [1.29, 1.82) is 0 Å². The van der Waals surface area contributed by atoms with E-state index in [0.717, 1.165) is 6.92 Å². The summed E-state index contributed by atoms with van der Waals surface area (Å²) in [5.41, 5.74) is 0. The second-order valence-corrected chi connectivity index (χ2v) is 3.92. The molecule has 104 valence electrons. The maximum Gasteiger partial charge on any atom is 0.303 e. The van der Waals surface area contributed by atoms with Crippen LogP contribution in [-0.4, -0.2) is 64.6 Å². The number of ether oxygens (including phenoxy) is 3. The minimum Gasteiger partial charge on any atom is -0.463 e. The molecule has 1 fully saturated rings. The van der Waals surface area contributed by atoms with Crippen LogP contribution in [0.1, 0.15) is 13.8 Å². The van der Waals surface area contributed by atoms with Crippen molar-refractivity contribution in [2.75, 3.05) is 6.61 Å². The van der Waals surface area contributed by atoms with E-state index in [1.807, 2.05) is 0 Å². The lowest BCUT2D eigenvalue weighted by Gasteiger charge is -2.39. The molecule has 8 nitrogen and oxygen atoms in total. The first kappa shape index (κ1) is 14.8. The number of hydrogen-bond acceptors (Lipinski definition) is 8. The Labute approximate surface area is 103 Å². The van der Waals surface area contributed by atoms with Crippen LogP contribution >= 0.6 is 0 Å². The highest BCUT2D eigenvalue weighted by Crippen LogP contribution is 2.23. The molecule has 1 saturated heterocycles. The Balaban J connectivity index is 2.75. The van der Waals surface area contributed by atoms with Gasteiger partial charge in [0.1, 0.15) is 24.9 Å². The second kappa shape index (κ2) is 6.10. The van der Waals surface area contributed by atoms with Gasteiger partial charge in [-0.25, -0.2) is 0 Å². The summed E-state index contributed by atoms with van der Waals surface area (Å²) < 4.78 is 14.4. The van der Waals surface area contributed by atoms with E-state index in [1.165, 1.54) is 6.92 Å². The van der Waals surface area contributed by atoms with E-state index in [-0.39, 0.29) is 6.61 Å². The lowest BCUT2D eigenvalue weighted by Crippen LogP contribution is -2.60. The molecule has 1 aliphatic heterocycles. The van der Waals surface area contributed by atoms with Crippen LogP contribution in [0.5, 0.6) is 0 Å². The summed E-state index contributed by atoms with van der Waals surface area (Å²) in [5, 5.41) is 28.4. The highest BCUT2D eigenvalue weighted by atomic mass is 16.7. The second-order valence-electron chi connectivity index (χ2n) is 3.92. The standard InChI is InChI=1S/C10H16O8/c1-4(11)16-3-6-9(17-5(2)12)7(13)8(14)10(15)18-6/h6-10,13-15H,3H2,1-2H3/t6-,7-,8-,9+,10-/m1/s1. The van der Waals surface area contributed by atoms with Gasteiger partial charge < -0.3 is 29.5 Å². The Morgan fingerprint density at radius 1 is 1.11 bits per heavy atom. The third-order valence-electron chi connectivity index (χ3n) is 2.41. The average molecular weight is 264 g/mol. The summed E-state index contributed by atoms with van der Waals surface area (Å²) in [6, 6.07) is 0. The van der Waals surface area contributed by atoms with Crippen molar-refractivity contribution in [1.82, 2.24) is 0 Å². The van der Waals surface area contributed by atoms with Gasteiger partial charge in [-0.2, -0.15) is 0 Å². The van der Waals surface area contributed by atoms with Gasteiger partial charge in [-0.15, -0.1) is 0 Å². The molecule has 0 saturated carbocycles. The zero-order valence-corrected chi connectivity index (χ0v) is 9.98. The fourth-order valence-corrected chi connectivity index (χ4v) is 1.59. The number of esters is 2. The normalized spacial score (nSPS) is 35.9. The van der Waals surface area contributed by atoms with Crippen molar-refractivity contribution < 1.29 is 39.1 Å². The van der Waals surface area contributed by atoms with Crippen LogP contribution in [0, 0.1) is 0 Å². The lowest BCUT2D eigenvalue weighted by atomic mass is 9.99. The molecule has 0 aliphatic carbocycles. The van der Waals surface area contributed by atoms with Crippen molar-refractivity contribution in [2.45, 2.75) is 44.6 Å². The van der Waals surface area contributed by atoms with Crippen LogP contribution in [0.15, 0.2) is 0 Å². The highest BCUT2D eigenvalue weighted by Gasteiger charge is 2.46. The van der Waals surface area contributed by atoms with E-state index in [4.69, 9.17) is 9.47 Å². The molecule has 0 aromatic rings. The molecule has 18 heavy (non-hydrogen) atoms. The van der Waals surface area contributed by atoms with E-state index in [0.29, 0.717) is 0 Å². The third-order valence-corrected chi connectivity index (χ3v) is 2.41. The molecule has 0 radical (unpaired) electrons. The summed E-state index contributed by atoms with van der Waals surface area (Å²) in [5.74, 6) is -1.28. The smallest absolute Gasteiger partial charge is 0.303 e. The predicted octanol–water partition coefficient (Wildman–Crippen LogP) is -2.08. The topological polar surface area (TPSA) is 123 Å². The zero-order valence-electron chi connectivity index (χ0n) is 9.98. The number of carbonyl (C=O) groups is 2. The maximum atomic E-state index is 10.9. The van der Waals surface area contributed by atoms with Gasteiger partial charge in [0.2, 0.25) is 0 Å². The predicted molar refractivity (Wildman–Crippen MR) is 55.1 cm³/mol. The molecule has 1 rings (SSSR count). The molecule has 0 aromatic carbocycles. The third kappa shape index (κ3) is 3.64. The maximum absolute atomic E-state index is 10.9. The van der Waals surface area contributed by atoms with Gasteiger partial charge in [0.15, 0.2) is 12.4 Å². The van der Waals surface area contributed by atoms with E-state index in [2.05, 4.69) is 4.74 Å². The summed E-state index contributed by atoms with van der Waals surface area (Å²) in [6.07, 6.45) is -7.06. The molecule has 5 atom stereocenters. The van der Waals surface area contributed by atoms with Crippen molar-refractivity contribution >= 4 is 11.9 Å². The van der Waals surface area contributed by atoms with Crippen LogP contribution in [-0.2, 0) is 23.8 Å². The van der Waals surface area contributed by atoms with Gasteiger partial charge in [-0.05, 0) is 0 Å². The minimum absolute atomic E-state index is 0.311. The fourth-order valence-electron chi connectivity index (χ4n) is 1.59. The van der Waals surface area contributed by atoms with Crippen molar-refractivity contribution in [3.63, 3.8) is 0 Å². The van der Waals surface area contributed by atoms with Crippen molar-refractivity contribution in [2.24, 2.45) is 0 Å². The molecule has 8 heteroatoms. The lowest BCUT2D eigenvalue weighted by molar-refractivity contribution is -0.290. The summed E-state index contributed by atoms with van der Waals surface area (Å²) in [7, 11) is 0. The van der Waals surface area contributed by atoms with Crippen LogP contribution in [0.4, 0.5) is 0 Å². The Kier molecular flexibility index (Phi) is 5.03. The number of hydrogen-bond donors (Lipinski definition) is 3. The molecule has 1 heterocycles.